The van der Waals surface area contributed by atoms with Gasteiger partial charge in [-0.05, 0) is 17.5 Å². The van der Waals surface area contributed by atoms with Gasteiger partial charge in [-0.1, -0.05) is 38.5 Å². The highest BCUT2D eigenvalue weighted by Crippen LogP contribution is 2.42. The van der Waals surface area contributed by atoms with Crippen LogP contribution in [0.1, 0.15) is 31.7 Å². The molecule has 1 aliphatic heterocycles. The number of hydrogen-bond donors (Lipinski definition) is 1. The average molecular weight is 221 g/mol. The number of rotatable bonds is 3. The molecule has 3 unspecified atom stereocenters. The molecular formula is C13H19NS. The molecule has 0 amide bonds. The van der Waals surface area contributed by atoms with E-state index in [4.69, 9.17) is 5.73 Å². The third-order valence-corrected chi connectivity index (χ3v) is 4.71. The molecule has 0 aliphatic carbocycles. The summed E-state index contributed by atoms with van der Waals surface area (Å²) in [7, 11) is 0. The maximum absolute atomic E-state index is 6.33. The molecule has 0 fully saturated rings. The smallest absolute Gasteiger partial charge is 0.0142 e. The van der Waals surface area contributed by atoms with E-state index in [1.54, 1.807) is 0 Å². The van der Waals surface area contributed by atoms with E-state index in [0.29, 0.717) is 17.9 Å². The third kappa shape index (κ3) is 2.06. The Morgan fingerprint density at radius 2 is 2.20 bits per heavy atom. The van der Waals surface area contributed by atoms with Crippen molar-refractivity contribution in [3.63, 3.8) is 0 Å². The molecule has 1 aliphatic rings. The lowest BCUT2D eigenvalue weighted by Gasteiger charge is -2.25. The monoisotopic (exact) mass is 221 g/mol. The van der Waals surface area contributed by atoms with Crippen LogP contribution in [-0.2, 0) is 0 Å². The molecule has 0 aromatic heterocycles. The van der Waals surface area contributed by atoms with Crippen molar-refractivity contribution in [1.82, 2.24) is 0 Å². The van der Waals surface area contributed by atoms with Crippen molar-refractivity contribution < 1.29 is 0 Å². The Balaban J connectivity index is 2.20. The lowest BCUT2D eigenvalue weighted by atomic mass is 9.85. The van der Waals surface area contributed by atoms with E-state index in [0.717, 1.165) is 5.75 Å². The van der Waals surface area contributed by atoms with Gasteiger partial charge >= 0.3 is 0 Å². The van der Waals surface area contributed by atoms with Gasteiger partial charge < -0.3 is 5.73 Å². The van der Waals surface area contributed by atoms with E-state index < -0.39 is 0 Å². The fourth-order valence-corrected chi connectivity index (χ4v) is 3.50. The highest BCUT2D eigenvalue weighted by atomic mass is 32.2. The maximum atomic E-state index is 6.33. The molecule has 0 bridgehead atoms. The number of nitrogens with two attached hydrogens (primary N) is 1. The van der Waals surface area contributed by atoms with Crippen LogP contribution in [0.3, 0.4) is 0 Å². The van der Waals surface area contributed by atoms with Crippen molar-refractivity contribution in [1.29, 1.82) is 0 Å². The largest absolute Gasteiger partial charge is 0.327 e. The van der Waals surface area contributed by atoms with Crippen molar-refractivity contribution in [3.8, 4) is 0 Å². The summed E-state index contributed by atoms with van der Waals surface area (Å²) in [6.45, 7) is 4.48. The van der Waals surface area contributed by atoms with Crippen LogP contribution in [0.15, 0.2) is 29.2 Å². The summed E-state index contributed by atoms with van der Waals surface area (Å²) in [5, 5.41) is 0. The van der Waals surface area contributed by atoms with E-state index in [1.807, 2.05) is 11.8 Å². The van der Waals surface area contributed by atoms with E-state index in [9.17, 15) is 0 Å². The Kier molecular flexibility index (Phi) is 3.37. The first-order valence-electron chi connectivity index (χ1n) is 5.71. The third-order valence-electron chi connectivity index (χ3n) is 3.50. The van der Waals surface area contributed by atoms with E-state index >= 15 is 0 Å². The second-order valence-corrected chi connectivity index (χ2v) is 5.48. The van der Waals surface area contributed by atoms with Crippen LogP contribution < -0.4 is 5.73 Å². The molecule has 82 valence electrons. The lowest BCUT2D eigenvalue weighted by Crippen LogP contribution is -2.34. The first-order valence-corrected chi connectivity index (χ1v) is 6.70. The number of fused-ring (bicyclic) bond motifs is 1. The van der Waals surface area contributed by atoms with Gasteiger partial charge in [-0.2, -0.15) is 0 Å². The second-order valence-electron chi connectivity index (χ2n) is 4.42. The first kappa shape index (κ1) is 11.0. The summed E-state index contributed by atoms with van der Waals surface area (Å²) in [5.74, 6) is 2.33. The molecule has 2 heteroatoms. The van der Waals surface area contributed by atoms with Gasteiger partial charge in [0.1, 0.15) is 0 Å². The molecule has 1 aromatic carbocycles. The molecule has 2 N–H and O–H groups in total. The van der Waals surface area contributed by atoms with Crippen molar-refractivity contribution in [2.24, 2.45) is 11.7 Å². The summed E-state index contributed by atoms with van der Waals surface area (Å²) in [6.07, 6.45) is 1.17. The zero-order valence-electron chi connectivity index (χ0n) is 9.44. The van der Waals surface area contributed by atoms with Crippen molar-refractivity contribution >= 4 is 11.8 Å². The van der Waals surface area contributed by atoms with E-state index in [-0.39, 0.29) is 0 Å². The quantitative estimate of drug-likeness (QED) is 0.848. The number of hydrogen-bond acceptors (Lipinski definition) is 2. The van der Waals surface area contributed by atoms with Crippen LogP contribution >= 0.6 is 11.8 Å². The summed E-state index contributed by atoms with van der Waals surface area (Å²) >= 11 is 1.95. The Hall–Kier alpha value is -0.470. The van der Waals surface area contributed by atoms with E-state index in [2.05, 4.69) is 38.1 Å². The van der Waals surface area contributed by atoms with Gasteiger partial charge in [-0.3, -0.25) is 0 Å². The fourth-order valence-electron chi connectivity index (χ4n) is 2.17. The molecule has 1 nitrogen and oxygen atoms in total. The van der Waals surface area contributed by atoms with Crippen LogP contribution in [0, 0.1) is 5.92 Å². The molecule has 3 atom stereocenters. The predicted octanol–water partition coefficient (Wildman–Crippen LogP) is 3.25. The molecule has 15 heavy (non-hydrogen) atoms. The molecule has 0 radical (unpaired) electrons. The normalized spacial score (nSPS) is 23.5. The van der Waals surface area contributed by atoms with Crippen LogP contribution in [0.25, 0.3) is 0 Å². The predicted molar refractivity (Wildman–Crippen MR) is 67.3 cm³/mol. The Morgan fingerprint density at radius 1 is 1.47 bits per heavy atom. The van der Waals surface area contributed by atoms with Crippen molar-refractivity contribution in [2.75, 3.05) is 5.75 Å². The summed E-state index contributed by atoms with van der Waals surface area (Å²) < 4.78 is 0. The SMILES string of the molecule is CCC(C)C(N)C1CSc2ccccc21. The topological polar surface area (TPSA) is 26.0 Å². The molecular weight excluding hydrogens is 202 g/mol. The van der Waals surface area contributed by atoms with Crippen LogP contribution in [0.4, 0.5) is 0 Å². The minimum atomic E-state index is 0.311. The van der Waals surface area contributed by atoms with Gasteiger partial charge in [0.05, 0.1) is 0 Å². The summed E-state index contributed by atoms with van der Waals surface area (Å²) in [4.78, 5) is 1.43. The highest BCUT2D eigenvalue weighted by Gasteiger charge is 2.30. The van der Waals surface area contributed by atoms with Crippen molar-refractivity contribution in [2.45, 2.75) is 37.1 Å². The standard InChI is InChI=1S/C13H19NS/c1-3-9(2)13(14)11-8-15-12-7-5-4-6-10(11)12/h4-7,9,11,13H,3,8,14H2,1-2H3. The minimum Gasteiger partial charge on any atom is -0.327 e. The zero-order valence-corrected chi connectivity index (χ0v) is 10.3. The molecule has 0 saturated carbocycles. The molecule has 1 aromatic rings. The zero-order chi connectivity index (χ0) is 10.8. The molecule has 0 saturated heterocycles. The minimum absolute atomic E-state index is 0.311. The lowest BCUT2D eigenvalue weighted by molar-refractivity contribution is 0.399. The highest BCUT2D eigenvalue weighted by molar-refractivity contribution is 7.99. The van der Waals surface area contributed by atoms with E-state index in [1.165, 1.54) is 16.9 Å². The number of thioether (sulfide) groups is 1. The average Bonchev–Trinajstić information content (AvgIpc) is 2.70. The Labute approximate surface area is 96.4 Å². The molecule has 2 rings (SSSR count). The van der Waals surface area contributed by atoms with Gasteiger partial charge in [0.25, 0.3) is 0 Å². The first-order chi connectivity index (χ1) is 7.24. The maximum Gasteiger partial charge on any atom is 0.0142 e. The van der Waals surface area contributed by atoms with Crippen LogP contribution in [0.5, 0.6) is 0 Å². The van der Waals surface area contributed by atoms with Gasteiger partial charge in [0.15, 0.2) is 0 Å². The van der Waals surface area contributed by atoms with Gasteiger partial charge in [-0.15, -0.1) is 11.8 Å². The Morgan fingerprint density at radius 3 is 2.93 bits per heavy atom. The summed E-state index contributed by atoms with van der Waals surface area (Å²) in [5.41, 5.74) is 7.80. The fraction of sp³-hybridized carbons (Fsp3) is 0.538. The second kappa shape index (κ2) is 4.58. The Bertz CT molecular complexity index is 337. The van der Waals surface area contributed by atoms with Crippen LogP contribution in [-0.4, -0.2) is 11.8 Å². The molecule has 1 heterocycles. The van der Waals surface area contributed by atoms with Crippen LogP contribution in [0.2, 0.25) is 0 Å². The van der Waals surface area contributed by atoms with Gasteiger partial charge in [-0.25, -0.2) is 0 Å². The van der Waals surface area contributed by atoms with Crippen molar-refractivity contribution in [3.05, 3.63) is 29.8 Å². The van der Waals surface area contributed by atoms with Gasteiger partial charge in [0, 0.05) is 22.6 Å². The van der Waals surface area contributed by atoms with Gasteiger partial charge in [0.2, 0.25) is 0 Å². The summed E-state index contributed by atoms with van der Waals surface area (Å²) in [6, 6.07) is 9.00. The molecule has 0 spiro atoms. The number of benzene rings is 1.